The van der Waals surface area contributed by atoms with Gasteiger partial charge in [-0.3, -0.25) is 4.79 Å². The number of ether oxygens (including phenoxy) is 2. The highest BCUT2D eigenvalue weighted by molar-refractivity contribution is 5.91. The van der Waals surface area contributed by atoms with E-state index in [2.05, 4.69) is 20.1 Å². The maximum Gasteiger partial charge on any atom is 0.573 e. The summed E-state index contributed by atoms with van der Waals surface area (Å²) in [6.45, 7) is -0.322. The molecule has 110 valence electrons. The van der Waals surface area contributed by atoms with Gasteiger partial charge in [0.05, 0.1) is 7.11 Å². The fourth-order valence-corrected chi connectivity index (χ4v) is 1.14. The zero-order chi connectivity index (χ0) is 15.2. The van der Waals surface area contributed by atoms with Gasteiger partial charge in [-0.1, -0.05) is 0 Å². The van der Waals surface area contributed by atoms with Crippen molar-refractivity contribution in [3.8, 4) is 5.75 Å². The predicted octanol–water partition coefficient (Wildman–Crippen LogP) is 1.88. The summed E-state index contributed by atoms with van der Waals surface area (Å²) in [5.41, 5.74) is 0.238. The van der Waals surface area contributed by atoms with Gasteiger partial charge >= 0.3 is 18.4 Å². The van der Waals surface area contributed by atoms with Gasteiger partial charge in [-0.2, -0.15) is 0 Å². The summed E-state index contributed by atoms with van der Waals surface area (Å²) < 4.78 is 43.7. The van der Waals surface area contributed by atoms with E-state index in [0.29, 0.717) is 0 Å². The Morgan fingerprint density at radius 3 is 2.30 bits per heavy atom. The molecule has 0 aromatic heterocycles. The molecule has 2 N–H and O–H groups in total. The molecule has 0 atom stereocenters. The molecule has 0 saturated heterocycles. The maximum atomic E-state index is 11.9. The van der Waals surface area contributed by atoms with Crippen LogP contribution in [0.5, 0.6) is 5.75 Å². The van der Waals surface area contributed by atoms with Gasteiger partial charge in [0.1, 0.15) is 12.3 Å². The Morgan fingerprint density at radius 1 is 1.20 bits per heavy atom. The van der Waals surface area contributed by atoms with Crippen molar-refractivity contribution in [1.82, 2.24) is 5.32 Å². The number of urea groups is 1. The topological polar surface area (TPSA) is 76.7 Å². The molecule has 0 unspecified atom stereocenters. The molecule has 0 fully saturated rings. The Morgan fingerprint density at radius 2 is 1.80 bits per heavy atom. The van der Waals surface area contributed by atoms with Crippen molar-refractivity contribution in [2.45, 2.75) is 6.36 Å². The summed E-state index contributed by atoms with van der Waals surface area (Å²) in [7, 11) is 1.17. The Hall–Kier alpha value is -2.45. The standard InChI is InChI=1S/C11H11F3N2O4/c1-19-9(17)6-15-10(18)16-7-2-4-8(5-3-7)20-11(12,13)14/h2-5H,6H2,1H3,(H2,15,16,18). The number of alkyl halides is 3. The van der Waals surface area contributed by atoms with E-state index in [1.54, 1.807) is 0 Å². The quantitative estimate of drug-likeness (QED) is 0.831. The molecular weight excluding hydrogens is 281 g/mol. The highest BCUT2D eigenvalue weighted by Gasteiger charge is 2.30. The molecule has 6 nitrogen and oxygen atoms in total. The van der Waals surface area contributed by atoms with Crippen LogP contribution in [0.4, 0.5) is 23.7 Å². The third-order valence-corrected chi connectivity index (χ3v) is 1.97. The number of anilines is 1. The molecule has 1 rings (SSSR count). The van der Waals surface area contributed by atoms with Gasteiger partial charge in [0.15, 0.2) is 0 Å². The number of benzene rings is 1. The minimum Gasteiger partial charge on any atom is -0.468 e. The van der Waals surface area contributed by atoms with Crippen LogP contribution in [0.2, 0.25) is 0 Å². The lowest BCUT2D eigenvalue weighted by Crippen LogP contribution is -2.33. The van der Waals surface area contributed by atoms with E-state index < -0.39 is 24.1 Å². The van der Waals surface area contributed by atoms with Crippen molar-refractivity contribution in [1.29, 1.82) is 0 Å². The highest BCUT2D eigenvalue weighted by atomic mass is 19.4. The number of carbonyl (C=O) groups is 2. The van der Waals surface area contributed by atoms with E-state index in [9.17, 15) is 22.8 Å². The normalized spacial score (nSPS) is 10.6. The minimum atomic E-state index is -4.77. The summed E-state index contributed by atoms with van der Waals surface area (Å²) in [6.07, 6.45) is -4.77. The highest BCUT2D eigenvalue weighted by Crippen LogP contribution is 2.23. The number of hydrogen-bond acceptors (Lipinski definition) is 4. The molecule has 0 spiro atoms. The van der Waals surface area contributed by atoms with E-state index in [1.807, 2.05) is 0 Å². The van der Waals surface area contributed by atoms with Crippen LogP contribution in [0, 0.1) is 0 Å². The van der Waals surface area contributed by atoms with Crippen LogP contribution in [0.1, 0.15) is 0 Å². The molecule has 0 radical (unpaired) electrons. The van der Waals surface area contributed by atoms with Crippen molar-refractivity contribution >= 4 is 17.7 Å². The average Bonchev–Trinajstić information content (AvgIpc) is 2.36. The number of rotatable bonds is 4. The van der Waals surface area contributed by atoms with Crippen molar-refractivity contribution in [3.05, 3.63) is 24.3 Å². The van der Waals surface area contributed by atoms with Crippen LogP contribution in [-0.2, 0) is 9.53 Å². The molecule has 0 saturated carbocycles. The van der Waals surface area contributed by atoms with Gasteiger partial charge in [-0.25, -0.2) is 4.79 Å². The maximum absolute atomic E-state index is 11.9. The van der Waals surface area contributed by atoms with Crippen LogP contribution >= 0.6 is 0 Å². The molecule has 2 amide bonds. The van der Waals surface area contributed by atoms with Crippen molar-refractivity contribution in [3.63, 3.8) is 0 Å². The molecule has 0 aliphatic rings. The van der Waals surface area contributed by atoms with Gasteiger partial charge in [-0.15, -0.1) is 13.2 Å². The van der Waals surface area contributed by atoms with Gasteiger partial charge in [-0.05, 0) is 24.3 Å². The second-order valence-electron chi connectivity index (χ2n) is 3.46. The first-order valence-corrected chi connectivity index (χ1v) is 5.27. The average molecular weight is 292 g/mol. The molecule has 0 bridgehead atoms. The fraction of sp³-hybridized carbons (Fsp3) is 0.273. The van der Waals surface area contributed by atoms with Crippen LogP contribution in [-0.4, -0.2) is 32.0 Å². The van der Waals surface area contributed by atoms with Crippen LogP contribution in [0.25, 0.3) is 0 Å². The zero-order valence-corrected chi connectivity index (χ0v) is 10.3. The summed E-state index contributed by atoms with van der Waals surface area (Å²) in [6, 6.07) is 3.84. The molecule has 0 heterocycles. The zero-order valence-electron chi connectivity index (χ0n) is 10.3. The molecule has 0 aliphatic heterocycles. The van der Waals surface area contributed by atoms with E-state index in [4.69, 9.17) is 0 Å². The van der Waals surface area contributed by atoms with Gasteiger partial charge in [0.2, 0.25) is 0 Å². The lowest BCUT2D eigenvalue weighted by Gasteiger charge is -2.10. The molecule has 1 aromatic carbocycles. The Labute approximate surface area is 111 Å². The first-order valence-electron chi connectivity index (χ1n) is 5.27. The largest absolute Gasteiger partial charge is 0.573 e. The molecule has 1 aromatic rings. The second kappa shape index (κ2) is 6.64. The number of halogens is 3. The van der Waals surface area contributed by atoms with Crippen LogP contribution in [0.3, 0.4) is 0 Å². The molecule has 20 heavy (non-hydrogen) atoms. The third kappa shape index (κ3) is 5.94. The Balaban J connectivity index is 2.49. The van der Waals surface area contributed by atoms with E-state index in [-0.39, 0.29) is 12.2 Å². The Kier molecular flexibility index (Phi) is 5.18. The summed E-state index contributed by atoms with van der Waals surface area (Å²) in [5, 5.41) is 4.52. The van der Waals surface area contributed by atoms with E-state index in [0.717, 1.165) is 12.1 Å². The smallest absolute Gasteiger partial charge is 0.468 e. The van der Waals surface area contributed by atoms with E-state index >= 15 is 0 Å². The SMILES string of the molecule is COC(=O)CNC(=O)Nc1ccc(OC(F)(F)F)cc1. The number of esters is 1. The van der Waals surface area contributed by atoms with Crippen molar-refractivity contribution in [2.75, 3.05) is 19.0 Å². The predicted molar refractivity (Wildman–Crippen MR) is 62.2 cm³/mol. The first kappa shape index (κ1) is 15.6. The van der Waals surface area contributed by atoms with Gasteiger partial charge in [0, 0.05) is 5.69 Å². The van der Waals surface area contributed by atoms with Crippen molar-refractivity contribution in [2.24, 2.45) is 0 Å². The minimum absolute atomic E-state index is 0.238. The van der Waals surface area contributed by atoms with Gasteiger partial charge < -0.3 is 20.1 Å². The number of methoxy groups -OCH3 is 1. The van der Waals surface area contributed by atoms with Gasteiger partial charge in [0.25, 0.3) is 0 Å². The number of carbonyl (C=O) groups excluding carboxylic acids is 2. The van der Waals surface area contributed by atoms with Crippen LogP contribution in [0.15, 0.2) is 24.3 Å². The number of amides is 2. The molecule has 0 aliphatic carbocycles. The summed E-state index contributed by atoms with van der Waals surface area (Å²) >= 11 is 0. The number of hydrogen-bond donors (Lipinski definition) is 2. The third-order valence-electron chi connectivity index (χ3n) is 1.97. The summed E-state index contributed by atoms with van der Waals surface area (Å²) in [5.74, 6) is -1.04. The lowest BCUT2D eigenvalue weighted by molar-refractivity contribution is -0.274. The first-order chi connectivity index (χ1) is 9.30. The monoisotopic (exact) mass is 292 g/mol. The lowest BCUT2D eigenvalue weighted by atomic mass is 10.3. The van der Waals surface area contributed by atoms with E-state index in [1.165, 1.54) is 19.2 Å². The fourth-order valence-electron chi connectivity index (χ4n) is 1.14. The summed E-state index contributed by atoms with van der Waals surface area (Å²) in [4.78, 5) is 22.1. The second-order valence-corrected chi connectivity index (χ2v) is 3.46. The molecular formula is C11H11F3N2O4. The van der Waals surface area contributed by atoms with Crippen LogP contribution < -0.4 is 15.4 Å². The molecule has 9 heteroatoms. The van der Waals surface area contributed by atoms with Crippen molar-refractivity contribution < 1.29 is 32.2 Å². The number of nitrogens with one attached hydrogen (secondary N) is 2. The Bertz CT molecular complexity index is 474.